The predicted octanol–water partition coefficient (Wildman–Crippen LogP) is -1.91. The summed E-state index contributed by atoms with van der Waals surface area (Å²) < 4.78 is 28.8. The molecule has 1 rings (SSSR count). The van der Waals surface area contributed by atoms with E-state index in [1.54, 1.807) is 17.0 Å². The predicted molar refractivity (Wildman–Crippen MR) is 48.7 cm³/mol. The van der Waals surface area contributed by atoms with Crippen molar-refractivity contribution in [3.05, 3.63) is 30.0 Å². The van der Waals surface area contributed by atoms with Gasteiger partial charge in [0.1, 0.15) is 0 Å². The maximum absolute atomic E-state index is 10.2. The van der Waals surface area contributed by atoms with Crippen LogP contribution in [-0.4, -0.2) is 13.0 Å². The van der Waals surface area contributed by atoms with Gasteiger partial charge in [-0.3, -0.25) is 4.55 Å². The summed E-state index contributed by atoms with van der Waals surface area (Å²) in [6.07, 6.45) is 0. The Labute approximate surface area is 104 Å². The number of para-hydroxylation sites is 1. The average molecular weight is 225 g/mol. The Morgan fingerprint density at radius 2 is 1.86 bits per heavy atom. The first kappa shape index (κ1) is 13.7. The smallest absolute Gasteiger partial charge is 0.697 e. The van der Waals surface area contributed by atoms with E-state index in [4.69, 9.17) is 10.3 Å². The number of anilines is 1. The van der Waals surface area contributed by atoms with Crippen LogP contribution < -0.4 is 39.8 Å². The van der Waals surface area contributed by atoms with Crippen LogP contribution in [-0.2, 0) is 10.3 Å². The quantitative estimate of drug-likeness (QED) is 0.317. The molecule has 0 aromatic heterocycles. The zero-order valence-corrected chi connectivity index (χ0v) is 10.3. The number of rotatable bonds is 3. The SMILES string of the molecule is [NH-]c1ccccc1NNS(=O)(=O)O.[Na+]. The second-order valence-corrected chi connectivity index (χ2v) is 3.40. The van der Waals surface area contributed by atoms with Crippen molar-refractivity contribution in [2.24, 2.45) is 0 Å². The summed E-state index contributed by atoms with van der Waals surface area (Å²) in [7, 11) is -4.28. The van der Waals surface area contributed by atoms with E-state index in [2.05, 4.69) is 5.43 Å². The van der Waals surface area contributed by atoms with E-state index in [1.807, 2.05) is 0 Å². The standard InChI is InChI=1S/C6H8N3O3S.Na/c7-5-3-1-2-4-6(5)8-9-13(10,11)12;/h1-4,7-9H,(H,10,11,12);/q-1;+1. The van der Waals surface area contributed by atoms with Gasteiger partial charge in [-0.25, -0.2) is 0 Å². The Balaban J connectivity index is 0.00000169. The van der Waals surface area contributed by atoms with Crippen LogP contribution in [0.1, 0.15) is 0 Å². The van der Waals surface area contributed by atoms with Crippen LogP contribution in [0.25, 0.3) is 5.73 Å². The zero-order chi connectivity index (χ0) is 9.90. The van der Waals surface area contributed by atoms with Crippen LogP contribution in [0.3, 0.4) is 0 Å². The van der Waals surface area contributed by atoms with Gasteiger partial charge in [0.25, 0.3) is 0 Å². The molecule has 0 saturated heterocycles. The molecule has 0 aliphatic heterocycles. The molecule has 0 radical (unpaired) electrons. The molecular formula is C6H8N3NaO3S. The second kappa shape index (κ2) is 5.54. The molecule has 0 spiro atoms. The maximum Gasteiger partial charge on any atom is 1.00 e. The van der Waals surface area contributed by atoms with Gasteiger partial charge in [0, 0.05) is 5.69 Å². The minimum Gasteiger partial charge on any atom is -0.697 e. The Bertz CT molecular complexity index is 395. The van der Waals surface area contributed by atoms with E-state index < -0.39 is 10.3 Å². The first-order chi connectivity index (χ1) is 5.99. The van der Waals surface area contributed by atoms with Gasteiger partial charge in [0.05, 0.1) is 0 Å². The Kier molecular flexibility index (Phi) is 5.42. The van der Waals surface area contributed by atoms with Crippen LogP contribution >= 0.6 is 0 Å². The molecule has 0 saturated carbocycles. The molecule has 1 aromatic carbocycles. The summed E-state index contributed by atoms with van der Waals surface area (Å²) in [5, 5.41) is 0. The van der Waals surface area contributed by atoms with Crippen LogP contribution in [0.2, 0.25) is 0 Å². The number of hydrogen-bond donors (Lipinski definition) is 3. The van der Waals surface area contributed by atoms with Crippen LogP contribution in [0.5, 0.6) is 0 Å². The molecule has 0 fully saturated rings. The molecular weight excluding hydrogens is 217 g/mol. The Hall–Kier alpha value is -0.310. The summed E-state index contributed by atoms with van der Waals surface area (Å²) in [4.78, 5) is 1.64. The van der Waals surface area contributed by atoms with Crippen LogP contribution in [0, 0.1) is 0 Å². The molecule has 0 bridgehead atoms. The van der Waals surface area contributed by atoms with Gasteiger partial charge < -0.3 is 11.2 Å². The van der Waals surface area contributed by atoms with Gasteiger partial charge in [0.15, 0.2) is 0 Å². The van der Waals surface area contributed by atoms with Gasteiger partial charge in [-0.2, -0.15) is 8.42 Å². The van der Waals surface area contributed by atoms with Crippen molar-refractivity contribution in [1.82, 2.24) is 4.83 Å². The number of hydrazine groups is 1. The molecule has 4 N–H and O–H groups in total. The fraction of sp³-hybridized carbons (Fsp3) is 0. The third-order valence-corrected chi connectivity index (χ3v) is 1.60. The van der Waals surface area contributed by atoms with E-state index in [0.29, 0.717) is 0 Å². The summed E-state index contributed by atoms with van der Waals surface area (Å²) in [5.41, 5.74) is 9.86. The normalized spacial score (nSPS) is 10.4. The fourth-order valence-electron chi connectivity index (χ4n) is 0.712. The van der Waals surface area contributed by atoms with E-state index >= 15 is 0 Å². The molecule has 0 heterocycles. The molecule has 8 heteroatoms. The number of benzene rings is 1. The summed E-state index contributed by atoms with van der Waals surface area (Å²) in [5.74, 6) is 0. The number of nitrogens with one attached hydrogen (secondary N) is 3. The van der Waals surface area contributed by atoms with Crippen molar-refractivity contribution < 1.29 is 42.5 Å². The molecule has 0 unspecified atom stereocenters. The van der Waals surface area contributed by atoms with Gasteiger partial charge >= 0.3 is 39.9 Å². The van der Waals surface area contributed by atoms with Crippen molar-refractivity contribution in [2.45, 2.75) is 0 Å². The first-order valence-corrected chi connectivity index (χ1v) is 4.74. The molecule has 1 aromatic rings. The molecule has 0 amide bonds. The molecule has 0 aliphatic rings. The van der Waals surface area contributed by atoms with Crippen molar-refractivity contribution in [2.75, 3.05) is 5.43 Å². The minimum atomic E-state index is -4.28. The fourth-order valence-corrected chi connectivity index (χ4v) is 0.951. The van der Waals surface area contributed by atoms with Crippen molar-refractivity contribution in [3.8, 4) is 0 Å². The second-order valence-electron chi connectivity index (χ2n) is 2.25. The number of hydrogen-bond acceptors (Lipinski definition) is 3. The molecule has 72 valence electrons. The van der Waals surface area contributed by atoms with Gasteiger partial charge in [-0.05, 0) is 6.07 Å². The monoisotopic (exact) mass is 225 g/mol. The molecule has 0 aliphatic carbocycles. The minimum absolute atomic E-state index is 0. The van der Waals surface area contributed by atoms with E-state index in [1.165, 1.54) is 12.1 Å². The largest absolute Gasteiger partial charge is 1.00 e. The van der Waals surface area contributed by atoms with Crippen LogP contribution in [0.4, 0.5) is 11.4 Å². The topological polar surface area (TPSA) is 102 Å². The zero-order valence-electron chi connectivity index (χ0n) is 7.48. The summed E-state index contributed by atoms with van der Waals surface area (Å²) in [6, 6.07) is 6.25. The maximum atomic E-state index is 10.2. The van der Waals surface area contributed by atoms with Gasteiger partial charge in [-0.1, -0.05) is 18.2 Å². The Morgan fingerprint density at radius 3 is 2.36 bits per heavy atom. The Morgan fingerprint density at radius 1 is 1.29 bits per heavy atom. The van der Waals surface area contributed by atoms with Crippen LogP contribution in [0.15, 0.2) is 24.3 Å². The first-order valence-electron chi connectivity index (χ1n) is 3.30. The molecule has 0 atom stereocenters. The van der Waals surface area contributed by atoms with Gasteiger partial charge in [-0.15, -0.1) is 10.5 Å². The van der Waals surface area contributed by atoms with Crippen molar-refractivity contribution in [1.29, 1.82) is 0 Å². The summed E-state index contributed by atoms with van der Waals surface area (Å²) >= 11 is 0. The molecule has 14 heavy (non-hydrogen) atoms. The van der Waals surface area contributed by atoms with Gasteiger partial charge in [0.2, 0.25) is 0 Å². The average Bonchev–Trinajstić information content (AvgIpc) is 2.01. The van der Waals surface area contributed by atoms with Crippen molar-refractivity contribution in [3.63, 3.8) is 0 Å². The van der Waals surface area contributed by atoms with E-state index in [-0.39, 0.29) is 40.9 Å². The third kappa shape index (κ3) is 4.80. The molecule has 6 nitrogen and oxygen atoms in total. The van der Waals surface area contributed by atoms with E-state index in [9.17, 15) is 8.42 Å². The van der Waals surface area contributed by atoms with E-state index in [0.717, 1.165) is 0 Å². The summed E-state index contributed by atoms with van der Waals surface area (Å²) in [6.45, 7) is 0. The van der Waals surface area contributed by atoms with Crippen molar-refractivity contribution >= 4 is 21.7 Å². The third-order valence-electron chi connectivity index (χ3n) is 1.24.